The monoisotopic (exact) mass is 221 g/mol. The Bertz CT molecular complexity index is 415. The van der Waals surface area contributed by atoms with Gasteiger partial charge in [-0.05, 0) is 18.6 Å². The molecule has 0 unspecified atom stereocenters. The predicted octanol–water partition coefficient (Wildman–Crippen LogP) is 2.11. The third-order valence-electron chi connectivity index (χ3n) is 2.48. The van der Waals surface area contributed by atoms with Gasteiger partial charge in [-0.15, -0.1) is 0 Å². The summed E-state index contributed by atoms with van der Waals surface area (Å²) >= 11 is 0. The van der Waals surface area contributed by atoms with E-state index < -0.39 is 0 Å². The molecular weight excluding hydrogens is 206 g/mol. The molecule has 0 aromatic heterocycles. The van der Waals surface area contributed by atoms with Crippen molar-refractivity contribution in [2.75, 3.05) is 18.5 Å². The second-order valence-corrected chi connectivity index (χ2v) is 3.71. The molecule has 1 heterocycles. The summed E-state index contributed by atoms with van der Waals surface area (Å²) in [5.74, 6) is 1.45. The van der Waals surface area contributed by atoms with E-state index in [-0.39, 0.29) is 5.91 Å². The van der Waals surface area contributed by atoms with E-state index in [9.17, 15) is 4.79 Å². The summed E-state index contributed by atoms with van der Waals surface area (Å²) in [5.41, 5.74) is 1.77. The van der Waals surface area contributed by atoms with Crippen LogP contribution >= 0.6 is 0 Å². The average molecular weight is 221 g/mol. The Balaban J connectivity index is 2.28. The first-order valence-corrected chi connectivity index (χ1v) is 5.41. The highest BCUT2D eigenvalue weighted by Crippen LogP contribution is 2.35. The molecule has 0 saturated heterocycles. The van der Waals surface area contributed by atoms with Crippen molar-refractivity contribution in [3.8, 4) is 11.5 Å². The molecule has 2 rings (SSSR count). The Hall–Kier alpha value is -1.71. The normalized spacial score (nSPS) is 13.4. The maximum absolute atomic E-state index is 11.3. The lowest BCUT2D eigenvalue weighted by atomic mass is 10.1. The summed E-state index contributed by atoms with van der Waals surface area (Å²) in [6.07, 6.45) is 0.466. The number of anilines is 1. The van der Waals surface area contributed by atoms with Crippen LogP contribution in [0.15, 0.2) is 12.1 Å². The zero-order valence-corrected chi connectivity index (χ0v) is 9.50. The number of carbonyl (C=O) groups excluding carboxylic acids is 1. The fourth-order valence-electron chi connectivity index (χ4n) is 1.56. The second-order valence-electron chi connectivity index (χ2n) is 3.71. The Morgan fingerprint density at radius 1 is 1.31 bits per heavy atom. The Morgan fingerprint density at radius 3 is 2.56 bits per heavy atom. The van der Waals surface area contributed by atoms with E-state index in [0.717, 1.165) is 17.0 Å². The molecule has 1 amide bonds. The van der Waals surface area contributed by atoms with E-state index in [1.54, 1.807) is 0 Å². The van der Waals surface area contributed by atoms with Gasteiger partial charge in [0.25, 0.3) is 0 Å². The molecular formula is C12H15NO3. The minimum atomic E-state index is -0.000206. The van der Waals surface area contributed by atoms with E-state index in [0.29, 0.717) is 25.4 Å². The number of amides is 1. The topological polar surface area (TPSA) is 47.6 Å². The van der Waals surface area contributed by atoms with Crippen molar-refractivity contribution in [2.45, 2.75) is 20.3 Å². The molecule has 0 radical (unpaired) electrons. The van der Waals surface area contributed by atoms with Gasteiger partial charge in [0.2, 0.25) is 5.91 Å². The molecule has 4 nitrogen and oxygen atoms in total. The quantitative estimate of drug-likeness (QED) is 0.832. The number of carbonyl (C=O) groups is 1. The van der Waals surface area contributed by atoms with E-state index >= 15 is 0 Å². The maximum Gasteiger partial charge on any atom is 0.224 e. The van der Waals surface area contributed by atoms with Gasteiger partial charge < -0.3 is 14.8 Å². The Morgan fingerprint density at radius 2 is 1.94 bits per heavy atom. The summed E-state index contributed by atoms with van der Waals surface area (Å²) in [6.45, 7) is 4.89. The summed E-state index contributed by atoms with van der Waals surface area (Å²) < 4.78 is 10.9. The highest BCUT2D eigenvalue weighted by Gasteiger charge is 2.14. The van der Waals surface area contributed by atoms with Gasteiger partial charge >= 0.3 is 0 Å². The fraction of sp³-hybridized carbons (Fsp3) is 0.417. The summed E-state index contributed by atoms with van der Waals surface area (Å²) in [5, 5.41) is 2.84. The van der Waals surface area contributed by atoms with Gasteiger partial charge in [0.1, 0.15) is 13.2 Å². The lowest BCUT2D eigenvalue weighted by molar-refractivity contribution is -0.115. The van der Waals surface area contributed by atoms with E-state index in [1.165, 1.54) is 0 Å². The van der Waals surface area contributed by atoms with Crippen LogP contribution in [-0.4, -0.2) is 19.1 Å². The van der Waals surface area contributed by atoms with Gasteiger partial charge in [-0.3, -0.25) is 4.79 Å². The van der Waals surface area contributed by atoms with Gasteiger partial charge in [0.15, 0.2) is 11.5 Å². The second kappa shape index (κ2) is 4.43. The summed E-state index contributed by atoms with van der Waals surface area (Å²) in [4.78, 5) is 11.3. The van der Waals surface area contributed by atoms with Crippen molar-refractivity contribution in [1.29, 1.82) is 0 Å². The van der Waals surface area contributed by atoms with Gasteiger partial charge in [0.05, 0.1) is 0 Å². The van der Waals surface area contributed by atoms with Crippen molar-refractivity contribution < 1.29 is 14.3 Å². The zero-order chi connectivity index (χ0) is 11.5. The molecule has 0 fully saturated rings. The molecule has 1 aliphatic heterocycles. The van der Waals surface area contributed by atoms with Crippen LogP contribution in [0.1, 0.15) is 18.9 Å². The minimum Gasteiger partial charge on any atom is -0.486 e. The first-order chi connectivity index (χ1) is 7.70. The number of nitrogens with one attached hydrogen (secondary N) is 1. The molecule has 1 aromatic rings. The average Bonchev–Trinajstić information content (AvgIpc) is 2.30. The first kappa shape index (κ1) is 10.8. The third-order valence-corrected chi connectivity index (χ3v) is 2.48. The number of rotatable bonds is 2. The highest BCUT2D eigenvalue weighted by atomic mass is 16.6. The molecule has 0 spiro atoms. The van der Waals surface area contributed by atoms with Crippen molar-refractivity contribution in [2.24, 2.45) is 0 Å². The smallest absolute Gasteiger partial charge is 0.224 e. The first-order valence-electron chi connectivity index (χ1n) is 5.41. The zero-order valence-electron chi connectivity index (χ0n) is 9.50. The molecule has 4 heteroatoms. The van der Waals surface area contributed by atoms with Crippen molar-refractivity contribution in [3.63, 3.8) is 0 Å². The van der Waals surface area contributed by atoms with E-state index in [2.05, 4.69) is 5.32 Å². The predicted molar refractivity (Wildman–Crippen MR) is 61.1 cm³/mol. The van der Waals surface area contributed by atoms with Crippen LogP contribution < -0.4 is 14.8 Å². The van der Waals surface area contributed by atoms with Crippen LogP contribution in [0, 0.1) is 6.92 Å². The Labute approximate surface area is 94.6 Å². The van der Waals surface area contributed by atoms with Crippen LogP contribution in [0.3, 0.4) is 0 Å². The lowest BCUT2D eigenvalue weighted by Gasteiger charge is -2.20. The van der Waals surface area contributed by atoms with Crippen molar-refractivity contribution in [1.82, 2.24) is 0 Å². The molecule has 1 aromatic carbocycles. The van der Waals surface area contributed by atoms with E-state index in [1.807, 2.05) is 26.0 Å². The minimum absolute atomic E-state index is 0.000206. The number of fused-ring (bicyclic) bond motifs is 1. The van der Waals surface area contributed by atoms with Gasteiger partial charge in [-0.25, -0.2) is 0 Å². The van der Waals surface area contributed by atoms with Crippen molar-refractivity contribution in [3.05, 3.63) is 17.7 Å². The maximum atomic E-state index is 11.3. The molecule has 0 bridgehead atoms. The molecule has 0 atom stereocenters. The third kappa shape index (κ3) is 2.10. The van der Waals surface area contributed by atoms with Gasteiger partial charge in [0, 0.05) is 18.2 Å². The fourth-order valence-corrected chi connectivity index (χ4v) is 1.56. The van der Waals surface area contributed by atoms with Crippen LogP contribution in [0.4, 0.5) is 5.69 Å². The van der Waals surface area contributed by atoms with Crippen LogP contribution in [-0.2, 0) is 4.79 Å². The number of hydrogen-bond acceptors (Lipinski definition) is 3. The standard InChI is InChI=1S/C12H15NO3/c1-3-12(14)13-9-7-11-10(6-8(9)2)15-4-5-16-11/h6-7H,3-5H2,1-2H3,(H,13,14). The van der Waals surface area contributed by atoms with Crippen molar-refractivity contribution >= 4 is 11.6 Å². The molecule has 1 N–H and O–H groups in total. The van der Waals surface area contributed by atoms with E-state index in [4.69, 9.17) is 9.47 Å². The Kier molecular flexibility index (Phi) is 2.99. The SMILES string of the molecule is CCC(=O)Nc1cc2c(cc1C)OCCO2. The molecule has 0 saturated carbocycles. The largest absolute Gasteiger partial charge is 0.486 e. The van der Waals surface area contributed by atoms with Gasteiger partial charge in [-0.1, -0.05) is 6.92 Å². The molecule has 1 aliphatic rings. The number of hydrogen-bond donors (Lipinski definition) is 1. The summed E-state index contributed by atoms with van der Waals surface area (Å²) in [6, 6.07) is 3.71. The molecule has 0 aliphatic carbocycles. The van der Waals surface area contributed by atoms with Crippen LogP contribution in [0.5, 0.6) is 11.5 Å². The highest BCUT2D eigenvalue weighted by molar-refractivity contribution is 5.91. The van der Waals surface area contributed by atoms with Crippen LogP contribution in [0.2, 0.25) is 0 Å². The molecule has 86 valence electrons. The number of benzene rings is 1. The summed E-state index contributed by atoms with van der Waals surface area (Å²) in [7, 11) is 0. The number of ether oxygens (including phenoxy) is 2. The molecule has 16 heavy (non-hydrogen) atoms. The number of aryl methyl sites for hydroxylation is 1. The van der Waals surface area contributed by atoms with Gasteiger partial charge in [-0.2, -0.15) is 0 Å². The lowest BCUT2D eigenvalue weighted by Crippen LogP contribution is -2.16. The van der Waals surface area contributed by atoms with Crippen LogP contribution in [0.25, 0.3) is 0 Å².